The molecule has 0 atom stereocenters. The van der Waals surface area contributed by atoms with Crippen molar-refractivity contribution in [1.29, 1.82) is 0 Å². The molecule has 0 saturated heterocycles. The third-order valence-electron chi connectivity index (χ3n) is 2.43. The van der Waals surface area contributed by atoms with Crippen molar-refractivity contribution in [2.45, 2.75) is 20.4 Å². The molecule has 0 aromatic heterocycles. The molecule has 0 heterocycles. The number of hydrogen-bond acceptors (Lipinski definition) is 2. The van der Waals surface area contributed by atoms with Gasteiger partial charge < -0.3 is 4.74 Å². The number of nitrogens with zero attached hydrogens (tertiary/aromatic N) is 1. The molecule has 0 amide bonds. The van der Waals surface area contributed by atoms with Crippen LogP contribution in [-0.2, 0) is 6.54 Å². The van der Waals surface area contributed by atoms with Crippen LogP contribution < -0.4 is 4.74 Å². The van der Waals surface area contributed by atoms with Crippen LogP contribution in [0.2, 0.25) is 0 Å². The van der Waals surface area contributed by atoms with Gasteiger partial charge in [-0.3, -0.25) is 4.90 Å². The topological polar surface area (TPSA) is 12.5 Å². The minimum atomic E-state index is 0.939. The number of ether oxygens (including phenoxy) is 1. The van der Waals surface area contributed by atoms with Crippen LogP contribution >= 0.6 is 0 Å². The van der Waals surface area contributed by atoms with E-state index in [1.165, 1.54) is 5.56 Å². The normalized spacial score (nSPS) is 10.6. The highest BCUT2D eigenvalue weighted by Gasteiger charge is 2.01. The van der Waals surface area contributed by atoms with E-state index in [0.29, 0.717) is 0 Å². The fourth-order valence-corrected chi connectivity index (χ4v) is 1.48. The highest BCUT2D eigenvalue weighted by molar-refractivity contribution is 5.28. The van der Waals surface area contributed by atoms with Gasteiger partial charge in [0.2, 0.25) is 0 Å². The molecule has 0 spiro atoms. The number of hydrogen-bond donors (Lipinski definition) is 0. The summed E-state index contributed by atoms with van der Waals surface area (Å²) in [6.45, 7) is 7.55. The summed E-state index contributed by atoms with van der Waals surface area (Å²) in [7, 11) is 1.70. The highest BCUT2D eigenvalue weighted by Crippen LogP contribution is 2.13. The summed E-state index contributed by atoms with van der Waals surface area (Å²) in [6.07, 6.45) is 0. The van der Waals surface area contributed by atoms with Gasteiger partial charge in [0.1, 0.15) is 5.75 Å². The first-order valence-corrected chi connectivity index (χ1v) is 5.15. The summed E-state index contributed by atoms with van der Waals surface area (Å²) in [6, 6.07) is 8.25. The first-order valence-electron chi connectivity index (χ1n) is 5.15. The Morgan fingerprint density at radius 1 is 1.21 bits per heavy atom. The molecule has 0 bridgehead atoms. The van der Waals surface area contributed by atoms with E-state index in [0.717, 1.165) is 25.4 Å². The standard InChI is InChI=1S/C12H19NO/c1-4-13(5-2)10-11-7-6-8-12(9-11)14-3/h6-9H,4-5,10H2,1-3H3. The van der Waals surface area contributed by atoms with Crippen LogP contribution in [0.1, 0.15) is 19.4 Å². The summed E-state index contributed by atoms with van der Waals surface area (Å²) in [5, 5.41) is 0. The minimum absolute atomic E-state index is 0.939. The molecule has 14 heavy (non-hydrogen) atoms. The largest absolute Gasteiger partial charge is 0.497 e. The molecule has 1 rings (SSSR count). The van der Waals surface area contributed by atoms with E-state index in [1.807, 2.05) is 12.1 Å². The molecule has 1 aromatic carbocycles. The van der Waals surface area contributed by atoms with Crippen LogP contribution in [0.25, 0.3) is 0 Å². The van der Waals surface area contributed by atoms with E-state index in [1.54, 1.807) is 7.11 Å². The van der Waals surface area contributed by atoms with Gasteiger partial charge in [-0.05, 0) is 30.8 Å². The molecule has 0 radical (unpaired) electrons. The molecule has 2 heteroatoms. The number of rotatable bonds is 5. The quantitative estimate of drug-likeness (QED) is 0.712. The molecule has 0 unspecified atom stereocenters. The van der Waals surface area contributed by atoms with E-state index in [4.69, 9.17) is 4.74 Å². The van der Waals surface area contributed by atoms with Crippen LogP contribution in [-0.4, -0.2) is 25.1 Å². The third-order valence-corrected chi connectivity index (χ3v) is 2.43. The van der Waals surface area contributed by atoms with Crippen molar-refractivity contribution in [2.24, 2.45) is 0 Å². The Kier molecular flexibility index (Phi) is 4.47. The molecule has 0 aliphatic heterocycles. The lowest BCUT2D eigenvalue weighted by Gasteiger charge is -2.18. The molecule has 1 aromatic rings. The fraction of sp³-hybridized carbons (Fsp3) is 0.500. The smallest absolute Gasteiger partial charge is 0.119 e. The van der Waals surface area contributed by atoms with E-state index >= 15 is 0 Å². The first-order chi connectivity index (χ1) is 6.80. The first kappa shape index (κ1) is 11.1. The second-order valence-electron chi connectivity index (χ2n) is 3.31. The van der Waals surface area contributed by atoms with Gasteiger partial charge in [-0.25, -0.2) is 0 Å². The average Bonchev–Trinajstić information content (AvgIpc) is 2.26. The molecular formula is C12H19NO. The van der Waals surface area contributed by atoms with Gasteiger partial charge in [0.25, 0.3) is 0 Å². The summed E-state index contributed by atoms with van der Waals surface area (Å²) in [5.74, 6) is 0.939. The van der Waals surface area contributed by atoms with E-state index in [-0.39, 0.29) is 0 Å². The van der Waals surface area contributed by atoms with Gasteiger partial charge in [0.05, 0.1) is 7.11 Å². The van der Waals surface area contributed by atoms with E-state index < -0.39 is 0 Å². The number of methoxy groups -OCH3 is 1. The van der Waals surface area contributed by atoms with Crippen LogP contribution in [0, 0.1) is 0 Å². The Morgan fingerprint density at radius 3 is 2.50 bits per heavy atom. The lowest BCUT2D eigenvalue weighted by Crippen LogP contribution is -2.21. The zero-order valence-electron chi connectivity index (χ0n) is 9.29. The lowest BCUT2D eigenvalue weighted by molar-refractivity contribution is 0.295. The predicted octanol–water partition coefficient (Wildman–Crippen LogP) is 2.54. The number of benzene rings is 1. The fourth-order valence-electron chi connectivity index (χ4n) is 1.48. The Labute approximate surface area is 86.5 Å². The Bertz CT molecular complexity index is 269. The maximum atomic E-state index is 5.19. The summed E-state index contributed by atoms with van der Waals surface area (Å²) in [5.41, 5.74) is 1.31. The average molecular weight is 193 g/mol. The van der Waals surface area contributed by atoms with Gasteiger partial charge in [0.15, 0.2) is 0 Å². The highest BCUT2D eigenvalue weighted by atomic mass is 16.5. The van der Waals surface area contributed by atoms with Gasteiger partial charge in [-0.1, -0.05) is 26.0 Å². The van der Waals surface area contributed by atoms with Crippen LogP contribution in [0.5, 0.6) is 5.75 Å². The molecule has 0 aliphatic rings. The molecule has 0 saturated carbocycles. The summed E-state index contributed by atoms with van der Waals surface area (Å²) < 4.78 is 5.19. The Hall–Kier alpha value is -1.02. The lowest BCUT2D eigenvalue weighted by atomic mass is 10.2. The maximum absolute atomic E-state index is 5.19. The summed E-state index contributed by atoms with van der Waals surface area (Å²) in [4.78, 5) is 2.38. The van der Waals surface area contributed by atoms with Gasteiger partial charge in [0, 0.05) is 6.54 Å². The SMILES string of the molecule is CCN(CC)Cc1cccc(OC)c1. The van der Waals surface area contributed by atoms with Gasteiger partial charge in [-0.15, -0.1) is 0 Å². The Balaban J connectivity index is 2.65. The predicted molar refractivity (Wildman–Crippen MR) is 59.6 cm³/mol. The van der Waals surface area contributed by atoms with E-state index in [9.17, 15) is 0 Å². The van der Waals surface area contributed by atoms with Crippen LogP contribution in [0.15, 0.2) is 24.3 Å². The van der Waals surface area contributed by atoms with Crippen LogP contribution in [0.3, 0.4) is 0 Å². The minimum Gasteiger partial charge on any atom is -0.497 e. The van der Waals surface area contributed by atoms with Crippen molar-refractivity contribution >= 4 is 0 Å². The zero-order chi connectivity index (χ0) is 10.4. The molecule has 0 aliphatic carbocycles. The van der Waals surface area contributed by atoms with Crippen molar-refractivity contribution in [3.8, 4) is 5.75 Å². The maximum Gasteiger partial charge on any atom is 0.119 e. The zero-order valence-corrected chi connectivity index (χ0v) is 9.29. The van der Waals surface area contributed by atoms with Crippen molar-refractivity contribution in [3.05, 3.63) is 29.8 Å². The van der Waals surface area contributed by atoms with Gasteiger partial charge >= 0.3 is 0 Å². The van der Waals surface area contributed by atoms with Crippen molar-refractivity contribution in [3.63, 3.8) is 0 Å². The van der Waals surface area contributed by atoms with E-state index in [2.05, 4.69) is 30.9 Å². The van der Waals surface area contributed by atoms with Crippen LogP contribution in [0.4, 0.5) is 0 Å². The molecule has 78 valence electrons. The molecule has 2 nitrogen and oxygen atoms in total. The molecule has 0 fully saturated rings. The monoisotopic (exact) mass is 193 g/mol. The molecular weight excluding hydrogens is 174 g/mol. The summed E-state index contributed by atoms with van der Waals surface area (Å²) >= 11 is 0. The van der Waals surface area contributed by atoms with Crippen molar-refractivity contribution in [2.75, 3.05) is 20.2 Å². The van der Waals surface area contributed by atoms with Crippen molar-refractivity contribution in [1.82, 2.24) is 4.90 Å². The third kappa shape index (κ3) is 3.04. The Morgan fingerprint density at radius 2 is 1.93 bits per heavy atom. The second-order valence-corrected chi connectivity index (χ2v) is 3.31. The second kappa shape index (κ2) is 5.66. The van der Waals surface area contributed by atoms with Crippen molar-refractivity contribution < 1.29 is 4.74 Å². The molecule has 0 N–H and O–H groups in total. The van der Waals surface area contributed by atoms with Gasteiger partial charge in [-0.2, -0.15) is 0 Å².